The molecule has 7 N–H and O–H groups in total. The largest absolute Gasteiger partial charge is 0.361 e. The summed E-state index contributed by atoms with van der Waals surface area (Å²) in [5, 5.41) is 12.1. The second-order valence-corrected chi connectivity index (χ2v) is 47.5. The quantitative estimate of drug-likeness (QED) is 0.0543. The van der Waals surface area contributed by atoms with E-state index in [9.17, 15) is 4.79 Å². The van der Waals surface area contributed by atoms with Gasteiger partial charge in [0.15, 0.2) is 0 Å². The van der Waals surface area contributed by atoms with Crippen molar-refractivity contribution in [1.29, 1.82) is 0 Å². The molecule has 714 valence electrons. The van der Waals surface area contributed by atoms with Crippen LogP contribution in [0.5, 0.6) is 0 Å². The van der Waals surface area contributed by atoms with Gasteiger partial charge in [0.2, 0.25) is 0 Å². The van der Waals surface area contributed by atoms with E-state index >= 15 is 0 Å². The molecule has 0 amide bonds. The Kier molecular flexibility index (Phi) is 27.3. The first-order valence-corrected chi connectivity index (χ1v) is 53.3. The maximum atomic E-state index is 12.4. The molecule has 9 aromatic carbocycles. The van der Waals surface area contributed by atoms with Gasteiger partial charge in [-0.2, -0.15) is 0 Å². The summed E-state index contributed by atoms with van der Waals surface area (Å²) in [4.78, 5) is 47.9. The maximum absolute atomic E-state index is 12.4. The molecule has 0 aliphatic heterocycles. The summed E-state index contributed by atoms with van der Waals surface area (Å²) in [5.41, 5.74) is 39.3. The van der Waals surface area contributed by atoms with Crippen molar-refractivity contribution in [3.05, 3.63) is 304 Å². The first-order valence-electron chi connectivity index (χ1n) is 51.7. The number of aromatic amines is 7. The molecule has 0 saturated heterocycles. The first kappa shape index (κ1) is 97.6. The minimum Gasteiger partial charge on any atom is -0.361 e. The van der Waals surface area contributed by atoms with Gasteiger partial charge >= 0.3 is 0 Å². The summed E-state index contributed by atoms with van der Waals surface area (Å²) in [5.74, 6) is 8.26. The van der Waals surface area contributed by atoms with Gasteiger partial charge in [0, 0.05) is 138 Å². The van der Waals surface area contributed by atoms with Gasteiger partial charge in [-0.15, -0.1) is 22.7 Å². The molecular formula is C125H151N9OS2. The van der Waals surface area contributed by atoms with E-state index < -0.39 is 0 Å². The molecule has 2 saturated carbocycles. The summed E-state index contributed by atoms with van der Waals surface area (Å²) >= 11 is 3.77. The molecule has 137 heavy (non-hydrogen) atoms. The number of hydrogen-bond acceptors (Lipinski definition) is 5. The van der Waals surface area contributed by atoms with Gasteiger partial charge in [-0.1, -0.05) is 323 Å². The zero-order chi connectivity index (χ0) is 97.9. The molecule has 0 radical (unpaired) electrons. The molecule has 9 aromatic heterocycles. The van der Waals surface area contributed by atoms with Gasteiger partial charge in [0.05, 0.1) is 26.1 Å². The van der Waals surface area contributed by atoms with Crippen molar-refractivity contribution in [1.82, 2.24) is 44.9 Å². The Morgan fingerprint density at radius 1 is 0.277 bits per heavy atom. The molecule has 5 aliphatic carbocycles. The third kappa shape index (κ3) is 18.6. The van der Waals surface area contributed by atoms with Crippen LogP contribution in [0, 0.1) is 0 Å². The van der Waals surface area contributed by atoms with Crippen LogP contribution in [0.1, 0.15) is 434 Å². The lowest BCUT2D eigenvalue weighted by molar-refractivity contribution is 0.301. The number of fused-ring (bicyclic) bond motifs is 25. The molecule has 9 heterocycles. The fraction of sp³-hybridized carbons (Fsp3) is 0.416. The number of rotatable bonds is 14. The fourth-order valence-electron chi connectivity index (χ4n) is 20.9. The van der Waals surface area contributed by atoms with Crippen LogP contribution in [0.2, 0.25) is 0 Å². The Morgan fingerprint density at radius 2 is 0.657 bits per heavy atom. The predicted molar refractivity (Wildman–Crippen MR) is 594 cm³/mol. The molecule has 5 aliphatic rings. The standard InChI is InChI=1S/C20H25N.C19H23N.C19H25N.C18H20N2O.C18H21N.C16H19NS.C15H18N2S/c1-12(2)14-6-7-15-16-11-18(13(3)4)21-19(16)20(8-5-9-20)17(15)10-14;1-11(2)13-5-6-14-15-10-17(12(3)4)20-18(15)19(7-8-19)16(14)9-13;1-11(2)13-7-8-14-15-10-17(12(3)4)20-18(15)19(5,6)16(14)9-13;1-10(2)12-5-7-14-13(9-12)6-8-15-16(14)18(21)20-17(19-15)11(3)4;1-11(2)13-5-7-15-14(9-13)6-8-17-16(15)10-18(19-17)12(3)4;1-9(2)14-8-12-13(17-14)6-5-11-7-15(10(3)4)18-16(11)12;1-8(2)13-7-10-11(16-13)5-6-12-14(10)18-15(17-12)9(3)4/h6-7,10-13,21H,5,8-9H2,1-4H3;5-6,9-12,20H,7-8H2,1-4H3;7-12,20H,1-6H3;5-11H,1-4H3,(H,19,20,21);5-12,19H,1-4H3;5-10,17H,1-4H3;5-9,16H,1-4H3. The van der Waals surface area contributed by atoms with Crippen molar-refractivity contribution in [2.24, 2.45) is 0 Å². The minimum atomic E-state index is -0.0494. The molecule has 18 aromatic rings. The molecule has 23 rings (SSSR count). The molecule has 12 heteroatoms. The second-order valence-electron chi connectivity index (χ2n) is 45.4. The van der Waals surface area contributed by atoms with Crippen molar-refractivity contribution in [2.45, 2.75) is 339 Å². The van der Waals surface area contributed by atoms with Crippen molar-refractivity contribution < 1.29 is 0 Å². The highest BCUT2D eigenvalue weighted by atomic mass is 32.1. The van der Waals surface area contributed by atoms with Crippen LogP contribution in [-0.2, 0) is 16.2 Å². The van der Waals surface area contributed by atoms with Crippen LogP contribution in [-0.4, -0.2) is 44.9 Å². The van der Waals surface area contributed by atoms with Gasteiger partial charge in [-0.05, 0) is 258 Å². The third-order valence-electron chi connectivity index (χ3n) is 30.3. The van der Waals surface area contributed by atoms with E-state index in [1.165, 1.54) is 218 Å². The number of hydrogen-bond donors (Lipinski definition) is 7. The fourth-order valence-corrected chi connectivity index (χ4v) is 23.2. The Balaban J connectivity index is 0.000000111. The lowest BCUT2D eigenvalue weighted by Gasteiger charge is -2.40. The van der Waals surface area contributed by atoms with Gasteiger partial charge in [-0.3, -0.25) is 4.79 Å². The Hall–Kier alpha value is -11.1. The van der Waals surface area contributed by atoms with Gasteiger partial charge < -0.3 is 34.9 Å². The van der Waals surface area contributed by atoms with E-state index in [4.69, 9.17) is 4.98 Å². The lowest BCUT2D eigenvalue weighted by atomic mass is 9.64. The van der Waals surface area contributed by atoms with Crippen LogP contribution in [0.25, 0.3) is 119 Å². The van der Waals surface area contributed by atoms with Crippen LogP contribution in [0.15, 0.2) is 187 Å². The van der Waals surface area contributed by atoms with Crippen molar-refractivity contribution in [3.8, 4) is 33.4 Å². The number of thiazole rings is 1. The minimum absolute atomic E-state index is 0.0494. The summed E-state index contributed by atoms with van der Waals surface area (Å²) in [7, 11) is 0. The van der Waals surface area contributed by atoms with E-state index in [2.05, 4.69) is 404 Å². The van der Waals surface area contributed by atoms with E-state index in [-0.39, 0.29) is 16.9 Å². The molecule has 0 unspecified atom stereocenters. The highest BCUT2D eigenvalue weighted by Gasteiger charge is 2.54. The van der Waals surface area contributed by atoms with Crippen molar-refractivity contribution in [3.63, 3.8) is 0 Å². The van der Waals surface area contributed by atoms with Gasteiger partial charge in [0.1, 0.15) is 5.82 Å². The Morgan fingerprint density at radius 3 is 1.10 bits per heavy atom. The Labute approximate surface area is 823 Å². The number of benzene rings is 9. The molecule has 0 atom stereocenters. The SMILES string of the molecule is CC(C)c1cc2c(ccc3cc(C(C)C)sc32)[nH]1.CC(C)c1cc2c(ccc3nc(C(C)C)sc32)[nH]1.CC(C)c1ccc2c(c1)C(C)(C)c1[nH]c(C(C)C)cc1-2.CC(C)c1ccc2c(c1)C1(CC1)c1[nH]c(C(C)C)cc1-2.CC(C)c1ccc2c(c1)C1(CCC1)c1[nH]c(C(C)C)cc1-2.CC(C)c1ccc2c(ccc3[nH]c(C(C)C)cc32)c1.CC(C)c1ccc2c(ccc3nc(C(C)C)[nH]c(=O)c32)c1. The second kappa shape index (κ2) is 38.3. The van der Waals surface area contributed by atoms with Crippen LogP contribution in [0.3, 0.4) is 0 Å². The predicted octanol–water partition coefficient (Wildman–Crippen LogP) is 37.1. The molecule has 2 spiro atoms. The van der Waals surface area contributed by atoms with E-state index in [0.717, 1.165) is 27.6 Å². The first-order chi connectivity index (χ1) is 65.0. The zero-order valence-electron chi connectivity index (χ0n) is 87.6. The number of H-pyrrole nitrogens is 7. The third-order valence-corrected chi connectivity index (χ3v) is 33.2. The van der Waals surface area contributed by atoms with Gasteiger partial charge in [0.25, 0.3) is 5.56 Å². The molecule has 2 fully saturated rings. The summed E-state index contributed by atoms with van der Waals surface area (Å²) < 4.78 is 2.75. The summed E-state index contributed by atoms with van der Waals surface area (Å²) in [6.07, 6.45) is 6.61. The van der Waals surface area contributed by atoms with Gasteiger partial charge in [-0.25, -0.2) is 9.97 Å². The highest BCUT2D eigenvalue weighted by Crippen LogP contribution is 2.64. The van der Waals surface area contributed by atoms with Crippen LogP contribution in [0.4, 0.5) is 0 Å². The van der Waals surface area contributed by atoms with Crippen molar-refractivity contribution in [2.75, 3.05) is 0 Å². The number of nitrogens with one attached hydrogen (secondary N) is 7. The molecular weight excluding hydrogens is 1710 g/mol. The van der Waals surface area contributed by atoms with Crippen LogP contribution >= 0.6 is 22.7 Å². The molecule has 10 nitrogen and oxygen atoms in total. The topological polar surface area (TPSA) is 153 Å². The number of thiophene rings is 1. The van der Waals surface area contributed by atoms with Crippen molar-refractivity contribution >= 4 is 108 Å². The monoisotopic (exact) mass is 1860 g/mol. The Bertz CT molecular complexity index is 7200. The number of aromatic nitrogens is 9. The van der Waals surface area contributed by atoms with E-state index in [1.807, 2.05) is 48.7 Å². The lowest BCUT2D eigenvalue weighted by Crippen LogP contribution is -2.34. The smallest absolute Gasteiger partial charge is 0.259 e. The van der Waals surface area contributed by atoms with Crippen LogP contribution < -0.4 is 5.56 Å². The summed E-state index contributed by atoms with van der Waals surface area (Å²) in [6, 6.07) is 68.0. The summed E-state index contributed by atoms with van der Waals surface area (Å²) in [6.45, 7) is 67.1. The van der Waals surface area contributed by atoms with E-state index in [0.29, 0.717) is 93.1 Å². The average Bonchev–Trinajstić information content (AvgIpc) is 1.53. The number of nitrogens with zero attached hydrogens (tertiary/aromatic N) is 2. The maximum Gasteiger partial charge on any atom is 0.259 e. The zero-order valence-corrected chi connectivity index (χ0v) is 89.2. The normalized spacial score (nSPS) is 14.5. The molecule has 0 bridgehead atoms. The van der Waals surface area contributed by atoms with E-state index in [1.54, 1.807) is 11.1 Å². The highest BCUT2D eigenvalue weighted by molar-refractivity contribution is 7.20. The average molecular weight is 1860 g/mol.